The normalized spacial score (nSPS) is 16.0. The first-order chi connectivity index (χ1) is 8.24. The highest BCUT2D eigenvalue weighted by Crippen LogP contribution is 2.09. The first-order valence-corrected chi connectivity index (χ1v) is 5.98. The highest BCUT2D eigenvalue weighted by molar-refractivity contribution is 5.90. The van der Waals surface area contributed by atoms with Crippen LogP contribution in [0.2, 0.25) is 0 Å². The first kappa shape index (κ1) is 11.9. The summed E-state index contributed by atoms with van der Waals surface area (Å²) in [5.74, 6) is 0.489. The number of anilines is 2. The van der Waals surface area contributed by atoms with Crippen molar-refractivity contribution >= 4 is 17.4 Å². The molecule has 0 atom stereocenters. The fraction of sp³-hybridized carbons (Fsp3) is 0.500. The van der Waals surface area contributed by atoms with Crippen molar-refractivity contribution in [3.63, 3.8) is 0 Å². The molecule has 3 N–H and O–H groups in total. The smallest absolute Gasteiger partial charge is 0.225 e. The van der Waals surface area contributed by atoms with Crippen molar-refractivity contribution in [2.75, 3.05) is 30.7 Å². The molecule has 2 rings (SSSR count). The van der Waals surface area contributed by atoms with Crippen LogP contribution in [0.5, 0.6) is 0 Å². The SMILES string of the molecule is Nc1ccc(NC(=O)CCN2CCCC2)cn1. The van der Waals surface area contributed by atoms with Crippen LogP contribution in [0.3, 0.4) is 0 Å². The lowest BCUT2D eigenvalue weighted by molar-refractivity contribution is -0.116. The van der Waals surface area contributed by atoms with Gasteiger partial charge in [0.25, 0.3) is 0 Å². The van der Waals surface area contributed by atoms with E-state index in [9.17, 15) is 4.79 Å². The van der Waals surface area contributed by atoms with Crippen molar-refractivity contribution in [3.8, 4) is 0 Å². The number of hydrogen-bond acceptors (Lipinski definition) is 4. The van der Waals surface area contributed by atoms with Gasteiger partial charge < -0.3 is 16.0 Å². The average molecular weight is 234 g/mol. The van der Waals surface area contributed by atoms with Crippen molar-refractivity contribution in [2.45, 2.75) is 19.3 Å². The minimum atomic E-state index is 0.0310. The van der Waals surface area contributed by atoms with Gasteiger partial charge in [-0.15, -0.1) is 0 Å². The van der Waals surface area contributed by atoms with Crippen LogP contribution in [-0.4, -0.2) is 35.4 Å². The molecule has 1 aromatic heterocycles. The Labute approximate surface area is 101 Å². The van der Waals surface area contributed by atoms with E-state index in [0.717, 1.165) is 19.6 Å². The predicted molar refractivity (Wildman–Crippen MR) is 67.6 cm³/mol. The van der Waals surface area contributed by atoms with Gasteiger partial charge in [-0.1, -0.05) is 0 Å². The zero-order chi connectivity index (χ0) is 12.1. The number of likely N-dealkylation sites (tertiary alicyclic amines) is 1. The van der Waals surface area contributed by atoms with Crippen molar-refractivity contribution in [1.29, 1.82) is 0 Å². The molecule has 0 aliphatic carbocycles. The molecule has 0 bridgehead atoms. The van der Waals surface area contributed by atoms with Gasteiger partial charge in [-0.05, 0) is 38.1 Å². The Bertz CT molecular complexity index is 371. The predicted octanol–water partition coefficient (Wildman–Crippen LogP) is 1.09. The van der Waals surface area contributed by atoms with Gasteiger partial charge in [0.1, 0.15) is 5.82 Å². The van der Waals surface area contributed by atoms with E-state index >= 15 is 0 Å². The monoisotopic (exact) mass is 234 g/mol. The van der Waals surface area contributed by atoms with Gasteiger partial charge in [-0.3, -0.25) is 4.79 Å². The van der Waals surface area contributed by atoms with Gasteiger partial charge in [-0.25, -0.2) is 4.98 Å². The lowest BCUT2D eigenvalue weighted by atomic mass is 10.3. The summed E-state index contributed by atoms with van der Waals surface area (Å²) in [6, 6.07) is 3.44. The lowest BCUT2D eigenvalue weighted by Crippen LogP contribution is -2.25. The van der Waals surface area contributed by atoms with E-state index < -0.39 is 0 Å². The zero-order valence-electron chi connectivity index (χ0n) is 9.85. The van der Waals surface area contributed by atoms with Crippen LogP contribution in [0, 0.1) is 0 Å². The summed E-state index contributed by atoms with van der Waals surface area (Å²) in [4.78, 5) is 17.9. The average Bonchev–Trinajstić information content (AvgIpc) is 2.83. The van der Waals surface area contributed by atoms with E-state index in [1.54, 1.807) is 18.3 Å². The molecule has 1 aromatic rings. The highest BCUT2D eigenvalue weighted by Gasteiger charge is 2.12. The molecule has 1 fully saturated rings. The molecule has 92 valence electrons. The number of aromatic nitrogens is 1. The Balaban J connectivity index is 1.74. The molecule has 1 saturated heterocycles. The van der Waals surface area contributed by atoms with Crippen molar-refractivity contribution in [1.82, 2.24) is 9.88 Å². The van der Waals surface area contributed by atoms with Gasteiger partial charge in [0.2, 0.25) is 5.91 Å². The summed E-state index contributed by atoms with van der Waals surface area (Å²) < 4.78 is 0. The van der Waals surface area contributed by atoms with Gasteiger partial charge in [-0.2, -0.15) is 0 Å². The maximum atomic E-state index is 11.7. The lowest BCUT2D eigenvalue weighted by Gasteiger charge is -2.13. The second-order valence-electron chi connectivity index (χ2n) is 4.32. The fourth-order valence-electron chi connectivity index (χ4n) is 1.97. The van der Waals surface area contributed by atoms with Crippen molar-refractivity contribution < 1.29 is 4.79 Å². The number of carbonyl (C=O) groups is 1. The summed E-state index contributed by atoms with van der Waals surface area (Å²) in [6.45, 7) is 3.08. The Morgan fingerprint density at radius 1 is 1.41 bits per heavy atom. The topological polar surface area (TPSA) is 71.2 Å². The molecule has 0 saturated carbocycles. The van der Waals surface area contributed by atoms with E-state index in [0.29, 0.717) is 17.9 Å². The van der Waals surface area contributed by atoms with E-state index in [-0.39, 0.29) is 5.91 Å². The molecule has 0 unspecified atom stereocenters. The summed E-state index contributed by atoms with van der Waals surface area (Å²) >= 11 is 0. The Morgan fingerprint density at radius 3 is 2.82 bits per heavy atom. The molecular weight excluding hydrogens is 216 g/mol. The number of amides is 1. The summed E-state index contributed by atoms with van der Waals surface area (Å²) in [5.41, 5.74) is 6.17. The summed E-state index contributed by atoms with van der Waals surface area (Å²) in [7, 11) is 0. The minimum absolute atomic E-state index is 0.0310. The van der Waals surface area contributed by atoms with Crippen LogP contribution in [-0.2, 0) is 4.79 Å². The molecule has 1 aliphatic rings. The van der Waals surface area contributed by atoms with Crippen LogP contribution in [0.4, 0.5) is 11.5 Å². The standard InChI is InChI=1S/C12H18N4O/c13-11-4-3-10(9-14-11)15-12(17)5-8-16-6-1-2-7-16/h3-4,9H,1-2,5-8H2,(H2,13,14)(H,15,17). The molecule has 17 heavy (non-hydrogen) atoms. The molecule has 1 aliphatic heterocycles. The molecule has 0 aromatic carbocycles. The van der Waals surface area contributed by atoms with Crippen molar-refractivity contribution in [3.05, 3.63) is 18.3 Å². The minimum Gasteiger partial charge on any atom is -0.384 e. The van der Waals surface area contributed by atoms with E-state index in [2.05, 4.69) is 15.2 Å². The van der Waals surface area contributed by atoms with Gasteiger partial charge >= 0.3 is 0 Å². The number of nitrogens with two attached hydrogens (primary N) is 1. The summed E-state index contributed by atoms with van der Waals surface area (Å²) in [6.07, 6.45) is 4.61. The Hall–Kier alpha value is -1.62. The van der Waals surface area contributed by atoms with Gasteiger partial charge in [0.05, 0.1) is 11.9 Å². The zero-order valence-corrected chi connectivity index (χ0v) is 9.85. The molecule has 2 heterocycles. The Morgan fingerprint density at radius 2 is 2.18 bits per heavy atom. The van der Waals surface area contributed by atoms with E-state index in [4.69, 9.17) is 5.73 Å². The van der Waals surface area contributed by atoms with Crippen molar-refractivity contribution in [2.24, 2.45) is 0 Å². The molecule has 5 heteroatoms. The largest absolute Gasteiger partial charge is 0.384 e. The number of carbonyl (C=O) groups excluding carboxylic acids is 1. The van der Waals surface area contributed by atoms with Crippen LogP contribution in [0.1, 0.15) is 19.3 Å². The maximum Gasteiger partial charge on any atom is 0.225 e. The van der Waals surface area contributed by atoms with Crippen LogP contribution in [0.25, 0.3) is 0 Å². The first-order valence-electron chi connectivity index (χ1n) is 5.98. The molecular formula is C12H18N4O. The quantitative estimate of drug-likeness (QED) is 0.818. The third-order valence-corrected chi connectivity index (χ3v) is 2.92. The number of nitrogen functional groups attached to an aromatic ring is 1. The fourth-order valence-corrected chi connectivity index (χ4v) is 1.97. The molecule has 0 radical (unpaired) electrons. The van der Waals surface area contributed by atoms with Crippen LogP contribution >= 0.6 is 0 Å². The third-order valence-electron chi connectivity index (χ3n) is 2.92. The number of rotatable bonds is 4. The van der Waals surface area contributed by atoms with Gasteiger partial charge in [0, 0.05) is 13.0 Å². The van der Waals surface area contributed by atoms with Crippen LogP contribution in [0.15, 0.2) is 18.3 Å². The van der Waals surface area contributed by atoms with Gasteiger partial charge in [0.15, 0.2) is 0 Å². The molecule has 5 nitrogen and oxygen atoms in total. The van der Waals surface area contributed by atoms with E-state index in [1.165, 1.54) is 12.8 Å². The van der Waals surface area contributed by atoms with Crippen LogP contribution < -0.4 is 11.1 Å². The number of nitrogens with one attached hydrogen (secondary N) is 1. The second-order valence-corrected chi connectivity index (χ2v) is 4.32. The number of pyridine rings is 1. The summed E-state index contributed by atoms with van der Waals surface area (Å²) in [5, 5.41) is 2.81. The van der Waals surface area contributed by atoms with E-state index in [1.807, 2.05) is 0 Å². The number of hydrogen-bond donors (Lipinski definition) is 2. The third kappa shape index (κ3) is 3.71. The highest BCUT2D eigenvalue weighted by atomic mass is 16.1. The maximum absolute atomic E-state index is 11.7. The Kier molecular flexibility index (Phi) is 3.93. The number of nitrogens with zero attached hydrogens (tertiary/aromatic N) is 2. The molecule has 0 spiro atoms. The molecule has 1 amide bonds. The second kappa shape index (κ2) is 5.63.